The van der Waals surface area contributed by atoms with E-state index in [1.165, 1.54) is 7.11 Å². The fourth-order valence-electron chi connectivity index (χ4n) is 2.12. The molecule has 0 saturated heterocycles. The van der Waals surface area contributed by atoms with Gasteiger partial charge in [-0.25, -0.2) is 0 Å². The Morgan fingerprint density at radius 2 is 1.64 bits per heavy atom. The zero-order chi connectivity index (χ0) is 16.3. The Morgan fingerprint density at radius 1 is 1.09 bits per heavy atom. The van der Waals surface area contributed by atoms with Crippen molar-refractivity contribution in [2.75, 3.05) is 14.2 Å². The number of rotatable bonds is 4. The van der Waals surface area contributed by atoms with Gasteiger partial charge in [0.05, 0.1) is 23.7 Å². The number of hydrogen-bond donors (Lipinski definition) is 1. The summed E-state index contributed by atoms with van der Waals surface area (Å²) >= 11 is 9.51. The lowest BCUT2D eigenvalue weighted by Gasteiger charge is -2.24. The van der Waals surface area contributed by atoms with E-state index < -0.39 is 5.60 Å². The van der Waals surface area contributed by atoms with Gasteiger partial charge in [0.25, 0.3) is 0 Å². The van der Waals surface area contributed by atoms with E-state index >= 15 is 0 Å². The number of terminal acetylenes is 1. The number of ether oxygens (including phenoxy) is 2. The van der Waals surface area contributed by atoms with Gasteiger partial charge in [-0.2, -0.15) is 0 Å². The third-order valence-electron chi connectivity index (χ3n) is 3.35. The second-order valence-corrected chi connectivity index (χ2v) is 5.81. The molecule has 2 rings (SSSR count). The van der Waals surface area contributed by atoms with Crippen molar-refractivity contribution in [2.45, 2.75) is 5.60 Å². The topological polar surface area (TPSA) is 38.7 Å². The molecule has 2 aromatic rings. The molecule has 0 radical (unpaired) electrons. The Labute approximate surface area is 143 Å². The van der Waals surface area contributed by atoms with Crippen molar-refractivity contribution in [3.8, 4) is 23.8 Å². The lowest BCUT2D eigenvalue weighted by atomic mass is 9.87. The van der Waals surface area contributed by atoms with E-state index in [2.05, 4.69) is 21.9 Å². The maximum atomic E-state index is 10.9. The summed E-state index contributed by atoms with van der Waals surface area (Å²) in [6, 6.07) is 10.1. The number of halogens is 2. The number of methoxy groups -OCH3 is 2. The van der Waals surface area contributed by atoms with Crippen LogP contribution in [0.3, 0.4) is 0 Å². The fraction of sp³-hybridized carbons (Fsp3) is 0.176. The quantitative estimate of drug-likeness (QED) is 0.814. The summed E-state index contributed by atoms with van der Waals surface area (Å²) in [5.74, 6) is 3.60. The van der Waals surface area contributed by atoms with Crippen LogP contribution < -0.4 is 9.47 Å². The largest absolute Gasteiger partial charge is 0.496 e. The van der Waals surface area contributed by atoms with E-state index in [4.69, 9.17) is 27.5 Å². The molecular formula is C17H14BrClO3. The maximum Gasteiger partial charge on any atom is 0.176 e. The predicted octanol–water partition coefficient (Wildman–Crippen LogP) is 3.99. The minimum absolute atomic E-state index is 0.376. The van der Waals surface area contributed by atoms with Gasteiger partial charge < -0.3 is 14.6 Å². The highest BCUT2D eigenvalue weighted by molar-refractivity contribution is 9.10. The van der Waals surface area contributed by atoms with Gasteiger partial charge in [-0.05, 0) is 40.2 Å². The Hall–Kier alpha value is -1.67. The summed E-state index contributed by atoms with van der Waals surface area (Å²) in [6.45, 7) is 0. The van der Waals surface area contributed by atoms with E-state index in [9.17, 15) is 5.11 Å². The average Bonchev–Trinajstić information content (AvgIpc) is 2.53. The van der Waals surface area contributed by atoms with Gasteiger partial charge in [0, 0.05) is 11.1 Å². The molecule has 0 saturated carbocycles. The standard InChI is InChI=1S/C17H14BrClO3/c1-4-17(20,11-5-7-15(21-2)13(18)9-11)12-6-8-16(22-3)14(19)10-12/h1,5-10,20H,2-3H3. The first-order valence-corrected chi connectivity index (χ1v) is 7.51. The van der Waals surface area contributed by atoms with Crippen molar-refractivity contribution in [1.82, 2.24) is 0 Å². The second-order valence-electron chi connectivity index (χ2n) is 4.55. The van der Waals surface area contributed by atoms with Gasteiger partial charge in [0.15, 0.2) is 5.60 Å². The number of aliphatic hydroxyl groups is 1. The third kappa shape index (κ3) is 2.93. The Morgan fingerprint density at radius 3 is 2.09 bits per heavy atom. The first-order chi connectivity index (χ1) is 10.5. The molecule has 0 bridgehead atoms. The van der Waals surface area contributed by atoms with Crippen molar-refractivity contribution in [3.05, 3.63) is 57.0 Å². The Balaban J connectivity index is 2.55. The van der Waals surface area contributed by atoms with E-state index in [1.54, 1.807) is 43.5 Å². The Bertz CT molecular complexity index is 684. The van der Waals surface area contributed by atoms with Crippen molar-refractivity contribution >= 4 is 27.5 Å². The van der Waals surface area contributed by atoms with Crippen LogP contribution in [0.5, 0.6) is 11.5 Å². The molecule has 0 fully saturated rings. The van der Waals surface area contributed by atoms with Crippen molar-refractivity contribution < 1.29 is 14.6 Å². The molecule has 0 aromatic heterocycles. The summed E-state index contributed by atoms with van der Waals surface area (Å²) < 4.78 is 11.0. The summed E-state index contributed by atoms with van der Waals surface area (Å²) in [4.78, 5) is 0. The van der Waals surface area contributed by atoms with E-state index in [-0.39, 0.29) is 0 Å². The molecule has 1 unspecified atom stereocenters. The molecule has 0 spiro atoms. The van der Waals surface area contributed by atoms with Crippen LogP contribution in [0.15, 0.2) is 40.9 Å². The summed E-state index contributed by atoms with van der Waals surface area (Å²) in [5.41, 5.74) is -0.591. The van der Waals surface area contributed by atoms with E-state index in [0.29, 0.717) is 32.1 Å². The van der Waals surface area contributed by atoms with Crippen molar-refractivity contribution in [2.24, 2.45) is 0 Å². The van der Waals surface area contributed by atoms with Gasteiger partial charge in [0.1, 0.15) is 11.5 Å². The van der Waals surface area contributed by atoms with Crippen LogP contribution in [-0.4, -0.2) is 19.3 Å². The molecule has 0 heterocycles. The van der Waals surface area contributed by atoms with E-state index in [1.807, 2.05) is 0 Å². The molecule has 1 atom stereocenters. The highest BCUT2D eigenvalue weighted by Crippen LogP contribution is 2.37. The lowest BCUT2D eigenvalue weighted by Crippen LogP contribution is -2.25. The summed E-state index contributed by atoms with van der Waals surface area (Å²) in [5, 5.41) is 11.3. The summed E-state index contributed by atoms with van der Waals surface area (Å²) in [6.07, 6.45) is 5.59. The minimum Gasteiger partial charge on any atom is -0.496 e. The number of benzene rings is 2. The molecule has 1 N–H and O–H groups in total. The predicted molar refractivity (Wildman–Crippen MR) is 90.5 cm³/mol. The molecule has 3 nitrogen and oxygen atoms in total. The van der Waals surface area contributed by atoms with Crippen LogP contribution in [0, 0.1) is 12.3 Å². The molecule has 22 heavy (non-hydrogen) atoms. The highest BCUT2D eigenvalue weighted by Gasteiger charge is 2.30. The Kier molecular flexibility index (Phi) is 5.02. The summed E-state index contributed by atoms with van der Waals surface area (Å²) in [7, 11) is 3.09. The molecule has 2 aromatic carbocycles. The van der Waals surface area contributed by atoms with E-state index in [0.717, 1.165) is 0 Å². The normalized spacial score (nSPS) is 13.1. The van der Waals surface area contributed by atoms with Gasteiger partial charge >= 0.3 is 0 Å². The van der Waals surface area contributed by atoms with Crippen molar-refractivity contribution in [1.29, 1.82) is 0 Å². The van der Waals surface area contributed by atoms with Crippen molar-refractivity contribution in [3.63, 3.8) is 0 Å². The van der Waals surface area contributed by atoms with Crippen LogP contribution >= 0.6 is 27.5 Å². The second kappa shape index (κ2) is 6.62. The highest BCUT2D eigenvalue weighted by atomic mass is 79.9. The minimum atomic E-state index is -1.61. The van der Waals surface area contributed by atoms with Crippen LogP contribution in [-0.2, 0) is 5.60 Å². The van der Waals surface area contributed by atoms with Gasteiger partial charge in [-0.15, -0.1) is 6.42 Å². The maximum absolute atomic E-state index is 10.9. The smallest absolute Gasteiger partial charge is 0.176 e. The van der Waals surface area contributed by atoms with Crippen LogP contribution in [0.25, 0.3) is 0 Å². The fourth-order valence-corrected chi connectivity index (χ4v) is 2.91. The zero-order valence-electron chi connectivity index (χ0n) is 12.1. The first-order valence-electron chi connectivity index (χ1n) is 6.34. The van der Waals surface area contributed by atoms with Crippen LogP contribution in [0.2, 0.25) is 5.02 Å². The molecule has 0 aliphatic heterocycles. The monoisotopic (exact) mass is 380 g/mol. The molecule has 0 aliphatic rings. The molecule has 0 aliphatic carbocycles. The molecular weight excluding hydrogens is 368 g/mol. The average molecular weight is 382 g/mol. The first kappa shape index (κ1) is 16.7. The van der Waals surface area contributed by atoms with Crippen LogP contribution in [0.4, 0.5) is 0 Å². The number of hydrogen-bond acceptors (Lipinski definition) is 3. The zero-order valence-corrected chi connectivity index (χ0v) is 14.4. The van der Waals surface area contributed by atoms with Gasteiger partial charge in [-0.1, -0.05) is 29.7 Å². The molecule has 5 heteroatoms. The van der Waals surface area contributed by atoms with Gasteiger partial charge in [-0.3, -0.25) is 0 Å². The third-order valence-corrected chi connectivity index (χ3v) is 4.26. The molecule has 0 amide bonds. The SMILES string of the molecule is C#CC(O)(c1ccc(OC)c(Cl)c1)c1ccc(OC)c(Br)c1. The molecule has 114 valence electrons. The van der Waals surface area contributed by atoms with Crippen LogP contribution in [0.1, 0.15) is 11.1 Å². The lowest BCUT2D eigenvalue weighted by molar-refractivity contribution is 0.145. The van der Waals surface area contributed by atoms with Gasteiger partial charge in [0.2, 0.25) is 0 Å².